The van der Waals surface area contributed by atoms with Crippen LogP contribution in [0.1, 0.15) is 96.7 Å². The van der Waals surface area contributed by atoms with E-state index < -0.39 is 56.2 Å². The molecule has 3 N–H and O–H groups in total. The van der Waals surface area contributed by atoms with Crippen molar-refractivity contribution in [2.24, 2.45) is 16.8 Å². The second-order valence-corrected chi connectivity index (χ2v) is 19.5. The lowest BCUT2D eigenvalue weighted by molar-refractivity contribution is -0.140. The third-order valence-corrected chi connectivity index (χ3v) is 14.7. The molecule has 2 saturated carbocycles. The summed E-state index contributed by atoms with van der Waals surface area (Å²) >= 11 is 0. The maximum Gasteiger partial charge on any atom is 0.259 e. The highest BCUT2D eigenvalue weighted by molar-refractivity contribution is 7.91. The largest absolute Gasteiger partial charge is 0.496 e. The molecule has 0 spiro atoms. The Morgan fingerprint density at radius 1 is 1.12 bits per heavy atom. The van der Waals surface area contributed by atoms with Crippen LogP contribution in [0.4, 0.5) is 5.82 Å². The first-order valence-corrected chi connectivity index (χ1v) is 22.5. The number of nitrogens with one attached hydrogen (secondary N) is 3. The molecular weight excluding hydrogens is 783 g/mol. The predicted octanol–water partition coefficient (Wildman–Crippen LogP) is 6.26. The first kappa shape index (κ1) is 42.8. The molecule has 5 atom stereocenters. The Labute approximate surface area is 352 Å². The summed E-state index contributed by atoms with van der Waals surface area (Å²) in [5.74, 6) is -0.190. The maximum atomic E-state index is 14.8. The Kier molecular flexibility index (Phi) is 12.1. The van der Waals surface area contributed by atoms with Gasteiger partial charge in [-0.2, -0.15) is 0 Å². The van der Waals surface area contributed by atoms with Crippen LogP contribution in [0, 0.1) is 18.8 Å². The molecule has 7 rings (SSSR count). The number of methoxy groups -OCH3 is 1. The fourth-order valence-electron chi connectivity index (χ4n) is 8.00. The number of pyridine rings is 2. The number of ether oxygens (including phenoxy) is 2. The molecule has 4 heterocycles. The number of amides is 3. The van der Waals surface area contributed by atoms with Gasteiger partial charge in [0.25, 0.3) is 5.91 Å². The van der Waals surface area contributed by atoms with Gasteiger partial charge in [0.15, 0.2) is 0 Å². The van der Waals surface area contributed by atoms with Crippen LogP contribution in [0.15, 0.2) is 66.3 Å². The summed E-state index contributed by atoms with van der Waals surface area (Å²) < 4.78 is 40.3. The van der Waals surface area contributed by atoms with E-state index in [1.807, 2.05) is 44.2 Å². The number of fused-ring (bicyclic) bond motifs is 3. The zero-order chi connectivity index (χ0) is 43.0. The maximum absolute atomic E-state index is 14.8. The molecule has 2 aromatic heterocycles. The number of rotatable bonds is 11. The van der Waals surface area contributed by atoms with Crippen molar-refractivity contribution in [2.75, 3.05) is 19.0 Å². The minimum Gasteiger partial charge on any atom is -0.496 e. The summed E-state index contributed by atoms with van der Waals surface area (Å²) in [5, 5.41) is 7.01. The lowest BCUT2D eigenvalue weighted by Crippen LogP contribution is -2.58. The molecule has 4 aliphatic rings. The topological polar surface area (TPSA) is 181 Å². The summed E-state index contributed by atoms with van der Waals surface area (Å²) in [7, 11) is -2.38. The highest BCUT2D eigenvalue weighted by Crippen LogP contribution is 2.48. The monoisotopic (exact) mass is 839 g/mol. The molecule has 320 valence electrons. The average molecular weight is 840 g/mol. The van der Waals surface area contributed by atoms with Crippen LogP contribution >= 0.6 is 0 Å². The first-order valence-electron chi connectivity index (χ1n) is 21.0. The molecule has 2 aliphatic heterocycles. The Bertz CT molecular complexity index is 2340. The Balaban J connectivity index is 1.25. The van der Waals surface area contributed by atoms with E-state index in [9.17, 15) is 22.8 Å². The summed E-state index contributed by atoms with van der Waals surface area (Å²) in [6.07, 6.45) is 9.82. The summed E-state index contributed by atoms with van der Waals surface area (Å²) in [5.41, 5.74) is 1.80. The zero-order valence-electron chi connectivity index (χ0n) is 35.4. The molecule has 14 nitrogen and oxygen atoms in total. The van der Waals surface area contributed by atoms with E-state index in [0.717, 1.165) is 37.0 Å². The van der Waals surface area contributed by atoms with E-state index in [1.165, 1.54) is 4.90 Å². The molecule has 60 heavy (non-hydrogen) atoms. The molecule has 2 aliphatic carbocycles. The van der Waals surface area contributed by atoms with Crippen molar-refractivity contribution >= 4 is 55.9 Å². The van der Waals surface area contributed by atoms with Gasteiger partial charge in [0.05, 0.1) is 35.3 Å². The van der Waals surface area contributed by atoms with Crippen LogP contribution < -0.4 is 24.8 Å². The Hall–Kier alpha value is -5.31. The number of anilines is 1. The molecule has 5 unspecified atom stereocenters. The van der Waals surface area contributed by atoms with Crippen LogP contribution in [-0.2, 0) is 24.4 Å². The fraction of sp³-hybridized carbons (Fsp3) is 0.511. The van der Waals surface area contributed by atoms with E-state index in [1.54, 1.807) is 38.4 Å². The van der Waals surface area contributed by atoms with Crippen molar-refractivity contribution in [3.05, 3.63) is 72.6 Å². The molecule has 15 heteroatoms. The molecule has 3 amide bonds. The van der Waals surface area contributed by atoms with E-state index in [0.29, 0.717) is 58.9 Å². The van der Waals surface area contributed by atoms with Crippen LogP contribution in [0.2, 0.25) is 0 Å². The van der Waals surface area contributed by atoms with E-state index in [-0.39, 0.29) is 31.2 Å². The molecule has 3 fully saturated rings. The van der Waals surface area contributed by atoms with Gasteiger partial charge in [0, 0.05) is 41.3 Å². The van der Waals surface area contributed by atoms with Crippen molar-refractivity contribution in [3.63, 3.8) is 0 Å². The second kappa shape index (κ2) is 17.0. The Morgan fingerprint density at radius 3 is 2.60 bits per heavy atom. The van der Waals surface area contributed by atoms with Crippen molar-refractivity contribution in [2.45, 2.75) is 121 Å². The van der Waals surface area contributed by atoms with Crippen molar-refractivity contribution in [3.8, 4) is 11.5 Å². The van der Waals surface area contributed by atoms with Gasteiger partial charge in [-0.25, -0.2) is 18.4 Å². The molecule has 0 bridgehead atoms. The van der Waals surface area contributed by atoms with Crippen molar-refractivity contribution in [1.82, 2.24) is 24.9 Å². The SMILES string of the molecule is C=C(N=C(C)C(C)C)c1cc(OC2CC3C(=O)NC4(C(=O)NS(=O)(=O)C5(C)CC5)CC4C=CCCCCCC(Nc4ccccn4)C(=O)N3C2)c2ccc(OC)c(C)c2n1. The van der Waals surface area contributed by atoms with Crippen molar-refractivity contribution < 1.29 is 32.3 Å². The van der Waals surface area contributed by atoms with Crippen LogP contribution in [-0.4, -0.2) is 88.8 Å². The van der Waals surface area contributed by atoms with Gasteiger partial charge in [-0.15, -0.1) is 0 Å². The standard InChI is InChI=1S/C45H57N7O7S/c1-27(2)29(4)47-30(5)35-24-38(33-18-19-37(58-7)28(3)40(33)49-35)59-32-23-36-41(53)50-45(43(55)51-60(56,57)44(6)20-21-44)25-31(45)15-11-9-8-10-12-16-34(42(54)52(36)26-32)48-39-17-13-14-22-46-39/h11,13-15,17-19,22,24,27,31-32,34,36H,5,8-10,12,16,20-21,23,25-26H2,1-4,6-7H3,(H,46,48)(H,50,53)(H,51,55). The highest BCUT2D eigenvalue weighted by atomic mass is 32.2. The average Bonchev–Trinajstić information content (AvgIpc) is 4.10. The predicted molar refractivity (Wildman–Crippen MR) is 232 cm³/mol. The lowest BCUT2D eigenvalue weighted by atomic mass is 10.0. The highest BCUT2D eigenvalue weighted by Gasteiger charge is 2.63. The molecule has 0 radical (unpaired) electrons. The van der Waals surface area contributed by atoms with Gasteiger partial charge in [-0.3, -0.25) is 24.1 Å². The van der Waals surface area contributed by atoms with Crippen LogP contribution in [0.3, 0.4) is 0 Å². The number of carbonyl (C=O) groups is 3. The van der Waals surface area contributed by atoms with Gasteiger partial charge in [0.1, 0.15) is 41.0 Å². The summed E-state index contributed by atoms with van der Waals surface area (Å²) in [6.45, 7) is 13.9. The quantitative estimate of drug-likeness (QED) is 0.147. The minimum atomic E-state index is -3.98. The number of aromatic nitrogens is 2. The van der Waals surface area contributed by atoms with Gasteiger partial charge in [-0.1, -0.05) is 51.5 Å². The summed E-state index contributed by atoms with van der Waals surface area (Å²) in [4.78, 5) is 59.2. The van der Waals surface area contributed by atoms with Gasteiger partial charge < -0.3 is 25.0 Å². The van der Waals surface area contributed by atoms with E-state index in [4.69, 9.17) is 19.5 Å². The molecule has 1 aromatic carbocycles. The van der Waals surface area contributed by atoms with Gasteiger partial charge >= 0.3 is 0 Å². The van der Waals surface area contributed by atoms with Gasteiger partial charge in [0.2, 0.25) is 21.8 Å². The Morgan fingerprint density at radius 2 is 1.90 bits per heavy atom. The summed E-state index contributed by atoms with van der Waals surface area (Å²) in [6, 6.07) is 9.18. The number of nitrogens with zero attached hydrogens (tertiary/aromatic N) is 4. The van der Waals surface area contributed by atoms with Crippen LogP contribution in [0.25, 0.3) is 16.6 Å². The van der Waals surface area contributed by atoms with Gasteiger partial charge in [-0.05, 0) is 89.5 Å². The second-order valence-electron chi connectivity index (χ2n) is 17.3. The number of hydrogen-bond acceptors (Lipinski definition) is 11. The number of aliphatic imine (C=N–C) groups is 1. The van der Waals surface area contributed by atoms with E-state index >= 15 is 0 Å². The molecular formula is C45H57N7O7S. The van der Waals surface area contributed by atoms with Crippen LogP contribution in [0.5, 0.6) is 11.5 Å². The third kappa shape index (κ3) is 8.77. The number of carbonyl (C=O) groups excluding carboxylic acids is 3. The number of hydrogen-bond donors (Lipinski definition) is 3. The first-order chi connectivity index (χ1) is 28.6. The number of aryl methyl sites for hydroxylation is 1. The third-order valence-electron chi connectivity index (χ3n) is 12.6. The fourth-order valence-corrected chi connectivity index (χ4v) is 9.31. The lowest BCUT2D eigenvalue weighted by Gasteiger charge is -2.30. The molecule has 3 aromatic rings. The van der Waals surface area contributed by atoms with E-state index in [2.05, 4.69) is 40.8 Å². The minimum absolute atomic E-state index is 0.0619. The number of allylic oxidation sites excluding steroid dienone is 1. The smallest absolute Gasteiger partial charge is 0.259 e. The number of benzene rings is 1. The van der Waals surface area contributed by atoms with Crippen molar-refractivity contribution in [1.29, 1.82) is 0 Å². The number of sulfonamides is 1. The zero-order valence-corrected chi connectivity index (χ0v) is 36.2. The molecule has 1 saturated heterocycles. The normalized spacial score (nSPS) is 25.6.